The number of fused-ring (bicyclic) bond motifs is 8. The number of pyridine rings is 1. The first kappa shape index (κ1) is 26.8. The van der Waals surface area contributed by atoms with E-state index in [0.29, 0.717) is 17.7 Å². The van der Waals surface area contributed by atoms with E-state index in [0.717, 1.165) is 38.4 Å². The maximum atomic E-state index is 14.2. The van der Waals surface area contributed by atoms with Gasteiger partial charge in [-0.3, -0.25) is 9.59 Å². The van der Waals surface area contributed by atoms with Crippen LogP contribution in [0.2, 0.25) is 36.3 Å². The van der Waals surface area contributed by atoms with Crippen molar-refractivity contribution in [3.63, 3.8) is 0 Å². The molecule has 0 spiro atoms. The number of imide groups is 1. The smallest absolute Gasteiger partial charge is 0.254 e. The van der Waals surface area contributed by atoms with E-state index >= 15 is 0 Å². The molecule has 1 aliphatic rings. The number of carbonyl (C=O) groups is 2. The Balaban J connectivity index is 1.77. The predicted octanol–water partition coefficient (Wildman–Crippen LogP) is 7.99. The van der Waals surface area contributed by atoms with E-state index in [2.05, 4.69) is 72.7 Å². The summed E-state index contributed by atoms with van der Waals surface area (Å²) < 4.78 is 8.10. The molecular formula is C30H39N3O3Si2. The number of rotatable bonds is 4. The summed E-state index contributed by atoms with van der Waals surface area (Å²) in [5.74, 6) is -0.376. The Hall–Kier alpha value is -2.82. The molecule has 2 amide bonds. The highest BCUT2D eigenvalue weighted by Gasteiger charge is 2.52. The molecule has 0 saturated carbocycles. The van der Waals surface area contributed by atoms with Crippen molar-refractivity contribution >= 4 is 61.1 Å². The molecule has 200 valence electrons. The number of H-pyrrole nitrogens is 1. The number of aromatic amines is 1. The zero-order valence-corrected chi connectivity index (χ0v) is 26.3. The summed E-state index contributed by atoms with van der Waals surface area (Å²) >= 11 is 0. The molecule has 6 nitrogen and oxygen atoms in total. The summed E-state index contributed by atoms with van der Waals surface area (Å²) in [7, 11) is -4.45. The van der Waals surface area contributed by atoms with Crippen LogP contribution < -0.4 is 0 Å². The number of nitrogens with zero attached hydrogens (tertiary/aromatic N) is 2. The van der Waals surface area contributed by atoms with E-state index in [9.17, 15) is 9.59 Å². The minimum absolute atomic E-state index is 0.100. The van der Waals surface area contributed by atoms with E-state index in [4.69, 9.17) is 9.41 Å². The summed E-state index contributed by atoms with van der Waals surface area (Å²) in [6.45, 7) is 22.2. The zero-order valence-electron chi connectivity index (χ0n) is 24.3. The van der Waals surface area contributed by atoms with Gasteiger partial charge in [0, 0.05) is 21.9 Å². The van der Waals surface area contributed by atoms with E-state index in [1.165, 1.54) is 0 Å². The Morgan fingerprint density at radius 3 is 2.11 bits per heavy atom. The lowest BCUT2D eigenvalue weighted by molar-refractivity contribution is 0.0747. The topological polar surface area (TPSA) is 75.3 Å². The molecule has 0 saturated heterocycles. The van der Waals surface area contributed by atoms with Gasteiger partial charge in [0.05, 0.1) is 34.3 Å². The van der Waals surface area contributed by atoms with Crippen molar-refractivity contribution in [1.82, 2.24) is 14.5 Å². The maximum Gasteiger partial charge on any atom is 0.254 e. The van der Waals surface area contributed by atoms with Crippen LogP contribution >= 0.6 is 0 Å². The molecule has 5 rings (SSSR count). The van der Waals surface area contributed by atoms with Gasteiger partial charge in [0.1, 0.15) is 0 Å². The van der Waals surface area contributed by atoms with Crippen LogP contribution in [-0.4, -0.2) is 42.9 Å². The van der Waals surface area contributed by atoms with E-state index in [1.807, 2.05) is 36.4 Å². The lowest BCUT2D eigenvalue weighted by atomic mass is 9.97. The average molecular weight is 546 g/mol. The molecule has 1 N–H and O–H groups in total. The normalized spacial score (nSPS) is 15.4. The first-order chi connectivity index (χ1) is 17.5. The van der Waals surface area contributed by atoms with Crippen molar-refractivity contribution < 1.29 is 14.0 Å². The minimum Gasteiger partial charge on any atom is -0.411 e. The van der Waals surface area contributed by atoms with Gasteiger partial charge < -0.3 is 14.0 Å². The average Bonchev–Trinajstić information content (AvgIpc) is 3.31. The molecule has 0 bridgehead atoms. The zero-order chi connectivity index (χ0) is 28.0. The van der Waals surface area contributed by atoms with Gasteiger partial charge in [-0.1, -0.05) is 78.9 Å². The van der Waals surface area contributed by atoms with Crippen molar-refractivity contribution in [3.05, 3.63) is 53.2 Å². The van der Waals surface area contributed by atoms with Crippen LogP contribution in [0.5, 0.6) is 0 Å². The van der Waals surface area contributed by atoms with Crippen LogP contribution in [0.3, 0.4) is 0 Å². The van der Waals surface area contributed by atoms with Crippen molar-refractivity contribution in [2.45, 2.75) is 84.4 Å². The van der Waals surface area contributed by atoms with Gasteiger partial charge in [0.2, 0.25) is 0 Å². The lowest BCUT2D eigenvalue weighted by Crippen LogP contribution is -2.57. The molecule has 4 aromatic rings. The molecule has 0 radical (unpaired) electrons. The summed E-state index contributed by atoms with van der Waals surface area (Å²) in [5, 5.41) is 2.33. The van der Waals surface area contributed by atoms with Gasteiger partial charge in [0.25, 0.3) is 11.8 Å². The summed E-state index contributed by atoms with van der Waals surface area (Å²) in [6, 6.07) is 11.8. The van der Waals surface area contributed by atoms with E-state index in [-0.39, 0.29) is 21.9 Å². The number of hydrogen-bond donors (Lipinski definition) is 1. The number of nitrogens with one attached hydrogen (secondary N) is 1. The SMILES string of the molecule is CC(C)(C)[Si](C)(C)OCc1ccc2c3c(c4c5ccccc5nc4c2[nH]1)C(=O)N([Si](C)(C)C(C)(C)C)C3=O. The first-order valence-corrected chi connectivity index (χ1v) is 19.2. The van der Waals surface area contributed by atoms with Crippen LogP contribution in [0.15, 0.2) is 36.4 Å². The highest BCUT2D eigenvalue weighted by molar-refractivity contribution is 6.83. The van der Waals surface area contributed by atoms with Gasteiger partial charge >= 0.3 is 0 Å². The molecule has 2 aromatic heterocycles. The summed E-state index contributed by atoms with van der Waals surface area (Å²) in [4.78, 5) is 36.9. The van der Waals surface area contributed by atoms with E-state index < -0.39 is 16.6 Å². The first-order valence-electron chi connectivity index (χ1n) is 13.4. The highest BCUT2D eigenvalue weighted by atomic mass is 28.4. The van der Waals surface area contributed by atoms with Crippen LogP contribution in [0.4, 0.5) is 0 Å². The summed E-state index contributed by atoms with van der Waals surface area (Å²) in [5.41, 5.74) is 4.24. The van der Waals surface area contributed by atoms with E-state index in [1.54, 1.807) is 4.57 Å². The molecule has 0 fully saturated rings. The fourth-order valence-electron chi connectivity index (χ4n) is 4.87. The molecule has 38 heavy (non-hydrogen) atoms. The van der Waals surface area contributed by atoms with Crippen molar-refractivity contribution in [3.8, 4) is 0 Å². The summed E-state index contributed by atoms with van der Waals surface area (Å²) in [6.07, 6.45) is 0. The molecule has 8 heteroatoms. The van der Waals surface area contributed by atoms with Crippen LogP contribution in [0, 0.1) is 0 Å². The Morgan fingerprint density at radius 1 is 0.842 bits per heavy atom. The highest BCUT2D eigenvalue weighted by Crippen LogP contribution is 2.46. The largest absolute Gasteiger partial charge is 0.411 e. The predicted molar refractivity (Wildman–Crippen MR) is 161 cm³/mol. The van der Waals surface area contributed by atoms with Gasteiger partial charge in [-0.2, -0.15) is 0 Å². The maximum absolute atomic E-state index is 14.2. The fourth-order valence-corrected chi connectivity index (χ4v) is 7.73. The van der Waals surface area contributed by atoms with Crippen LogP contribution in [-0.2, 0) is 11.0 Å². The number of carbonyl (C=O) groups excluding carboxylic acids is 2. The Bertz CT molecular complexity index is 1640. The quantitative estimate of drug-likeness (QED) is 0.208. The van der Waals surface area contributed by atoms with Crippen molar-refractivity contribution in [1.29, 1.82) is 0 Å². The molecule has 0 unspecified atom stereocenters. The van der Waals surface area contributed by atoms with Crippen molar-refractivity contribution in [2.24, 2.45) is 0 Å². The van der Waals surface area contributed by atoms with Crippen molar-refractivity contribution in [2.75, 3.05) is 0 Å². The fraction of sp³-hybridized carbons (Fsp3) is 0.433. The van der Waals surface area contributed by atoms with Gasteiger partial charge in [-0.05, 0) is 35.3 Å². The number of para-hydroxylation sites is 1. The Morgan fingerprint density at radius 2 is 1.47 bits per heavy atom. The van der Waals surface area contributed by atoms with Gasteiger partial charge in [-0.25, -0.2) is 4.98 Å². The van der Waals surface area contributed by atoms with Gasteiger partial charge in [-0.15, -0.1) is 0 Å². The lowest BCUT2D eigenvalue weighted by Gasteiger charge is -2.42. The molecule has 0 aliphatic carbocycles. The second-order valence-electron chi connectivity index (χ2n) is 13.7. The molecular weight excluding hydrogens is 507 g/mol. The Labute approximate surface area is 227 Å². The number of aromatic nitrogens is 2. The van der Waals surface area contributed by atoms with Gasteiger partial charge in [0.15, 0.2) is 16.6 Å². The molecule has 2 aromatic carbocycles. The molecule has 1 aliphatic heterocycles. The number of amides is 2. The van der Waals surface area contributed by atoms with Crippen LogP contribution in [0.25, 0.3) is 32.7 Å². The standard InChI is InChI=1S/C30H39N3O3Si2/c1-29(2,3)37(7,8)33-27(34)23-20-16-15-18(17-36-38(9,10)30(4,5)6)31-25(20)26-22(24(23)28(33)35)19-13-11-12-14-21(19)32-26/h11-16,31H,17H2,1-10H3. The Kier molecular flexibility index (Phi) is 5.88. The van der Waals surface area contributed by atoms with Crippen LogP contribution in [0.1, 0.15) is 68.0 Å². The number of hydrogen-bond acceptors (Lipinski definition) is 4. The third kappa shape index (κ3) is 3.79. The second-order valence-corrected chi connectivity index (χ2v) is 23.6. The molecule has 3 heterocycles. The second kappa shape index (κ2) is 8.34. The number of benzene rings is 2. The monoisotopic (exact) mass is 545 g/mol. The molecule has 0 atom stereocenters. The third-order valence-electron chi connectivity index (χ3n) is 9.28. The third-order valence-corrected chi connectivity index (χ3v) is 19.0. The minimum atomic E-state index is -2.49.